The molecule has 1 aromatic heterocycles. The van der Waals surface area contributed by atoms with Crippen LogP contribution in [0.25, 0.3) is 11.1 Å². The van der Waals surface area contributed by atoms with Crippen LogP contribution in [-0.2, 0) is 0 Å². The Balaban J connectivity index is 1.56. The number of para-hydroxylation sites is 2. The predicted molar refractivity (Wildman–Crippen MR) is 81.0 cm³/mol. The van der Waals surface area contributed by atoms with Gasteiger partial charge >= 0.3 is 0 Å². The van der Waals surface area contributed by atoms with Gasteiger partial charge in [0.25, 0.3) is 6.01 Å². The Kier molecular flexibility index (Phi) is 3.89. The standard InChI is InChI=1S/C15H22N4O/c1-12(19-9-7-18(2)8-10-19)11-16-15-17-13-5-3-4-6-14(13)20-15/h3-6,12H,7-11H2,1-2H3,(H,16,17). The Morgan fingerprint density at radius 3 is 2.75 bits per heavy atom. The topological polar surface area (TPSA) is 44.5 Å². The molecule has 5 heteroatoms. The van der Waals surface area contributed by atoms with E-state index in [1.807, 2.05) is 24.3 Å². The normalized spacial score (nSPS) is 19.3. The fourth-order valence-corrected chi connectivity index (χ4v) is 2.57. The molecule has 2 heterocycles. The molecule has 0 saturated carbocycles. The van der Waals surface area contributed by atoms with E-state index in [0.717, 1.165) is 43.8 Å². The Morgan fingerprint density at radius 2 is 2.00 bits per heavy atom. The molecule has 108 valence electrons. The summed E-state index contributed by atoms with van der Waals surface area (Å²) >= 11 is 0. The molecule has 5 nitrogen and oxygen atoms in total. The van der Waals surface area contributed by atoms with E-state index in [9.17, 15) is 0 Å². The van der Waals surface area contributed by atoms with Crippen molar-refractivity contribution >= 4 is 17.1 Å². The molecule has 20 heavy (non-hydrogen) atoms. The second-order valence-corrected chi connectivity index (χ2v) is 5.56. The van der Waals surface area contributed by atoms with Crippen molar-refractivity contribution < 1.29 is 4.42 Å². The van der Waals surface area contributed by atoms with Gasteiger partial charge in [-0.1, -0.05) is 12.1 Å². The van der Waals surface area contributed by atoms with Crippen molar-refractivity contribution in [1.29, 1.82) is 0 Å². The largest absolute Gasteiger partial charge is 0.424 e. The third kappa shape index (κ3) is 2.94. The maximum atomic E-state index is 5.67. The molecule has 1 fully saturated rings. The van der Waals surface area contributed by atoms with E-state index in [4.69, 9.17) is 4.42 Å². The van der Waals surface area contributed by atoms with Gasteiger partial charge in [-0.3, -0.25) is 4.90 Å². The van der Waals surface area contributed by atoms with Crippen LogP contribution in [0.2, 0.25) is 0 Å². The quantitative estimate of drug-likeness (QED) is 0.922. The van der Waals surface area contributed by atoms with Crippen LogP contribution in [0.1, 0.15) is 6.92 Å². The molecular formula is C15H22N4O. The van der Waals surface area contributed by atoms with Gasteiger partial charge in [0, 0.05) is 38.8 Å². The van der Waals surface area contributed by atoms with Gasteiger partial charge in [0.15, 0.2) is 5.58 Å². The van der Waals surface area contributed by atoms with E-state index < -0.39 is 0 Å². The fraction of sp³-hybridized carbons (Fsp3) is 0.533. The molecule has 3 rings (SSSR count). The summed E-state index contributed by atoms with van der Waals surface area (Å²) in [5, 5.41) is 3.31. The van der Waals surface area contributed by atoms with Crippen LogP contribution in [0.5, 0.6) is 0 Å². The first-order chi connectivity index (χ1) is 9.72. The van der Waals surface area contributed by atoms with Gasteiger partial charge in [-0.05, 0) is 26.1 Å². The zero-order chi connectivity index (χ0) is 13.9. The summed E-state index contributed by atoms with van der Waals surface area (Å²) in [7, 11) is 2.18. The van der Waals surface area contributed by atoms with Gasteiger partial charge in [0.2, 0.25) is 0 Å². The first kappa shape index (κ1) is 13.4. The Bertz CT molecular complexity index is 527. The SMILES string of the molecule is CC(CNc1nc2ccccc2o1)N1CCN(C)CC1. The van der Waals surface area contributed by atoms with E-state index >= 15 is 0 Å². The monoisotopic (exact) mass is 274 g/mol. The third-order valence-electron chi connectivity index (χ3n) is 4.00. The number of oxazole rings is 1. The minimum atomic E-state index is 0.485. The van der Waals surface area contributed by atoms with Crippen LogP contribution in [0.15, 0.2) is 28.7 Å². The molecule has 1 atom stereocenters. The smallest absolute Gasteiger partial charge is 0.295 e. The summed E-state index contributed by atoms with van der Waals surface area (Å²) < 4.78 is 5.67. The van der Waals surface area contributed by atoms with Crippen LogP contribution in [-0.4, -0.2) is 60.6 Å². The lowest BCUT2D eigenvalue weighted by Crippen LogP contribution is -2.49. The van der Waals surface area contributed by atoms with Crippen molar-refractivity contribution in [3.8, 4) is 0 Å². The number of likely N-dealkylation sites (N-methyl/N-ethyl adjacent to an activating group) is 1. The Labute approximate surface area is 119 Å². The highest BCUT2D eigenvalue weighted by Gasteiger charge is 2.19. The van der Waals surface area contributed by atoms with Crippen molar-refractivity contribution in [3.63, 3.8) is 0 Å². The average molecular weight is 274 g/mol. The van der Waals surface area contributed by atoms with Crippen molar-refractivity contribution in [3.05, 3.63) is 24.3 Å². The molecular weight excluding hydrogens is 252 g/mol. The minimum Gasteiger partial charge on any atom is -0.424 e. The molecule has 0 spiro atoms. The molecule has 0 bridgehead atoms. The van der Waals surface area contributed by atoms with Crippen LogP contribution >= 0.6 is 0 Å². The molecule has 1 N–H and O–H groups in total. The highest BCUT2D eigenvalue weighted by molar-refractivity contribution is 5.74. The number of nitrogens with one attached hydrogen (secondary N) is 1. The Hall–Kier alpha value is -1.59. The number of benzene rings is 1. The lowest BCUT2D eigenvalue weighted by molar-refractivity contribution is 0.123. The molecule has 0 radical (unpaired) electrons. The number of hydrogen-bond acceptors (Lipinski definition) is 5. The van der Waals surface area contributed by atoms with E-state index in [2.05, 4.69) is 34.1 Å². The molecule has 1 aromatic carbocycles. The van der Waals surface area contributed by atoms with Gasteiger partial charge in [-0.25, -0.2) is 0 Å². The van der Waals surface area contributed by atoms with Gasteiger partial charge in [0.1, 0.15) is 5.52 Å². The molecule has 2 aromatic rings. The van der Waals surface area contributed by atoms with Gasteiger partial charge in [-0.15, -0.1) is 0 Å². The number of rotatable bonds is 4. The van der Waals surface area contributed by atoms with Gasteiger partial charge < -0.3 is 14.6 Å². The molecule has 1 saturated heterocycles. The number of fused-ring (bicyclic) bond motifs is 1. The van der Waals surface area contributed by atoms with Crippen LogP contribution in [0.4, 0.5) is 6.01 Å². The van der Waals surface area contributed by atoms with Crippen molar-refractivity contribution in [2.24, 2.45) is 0 Å². The maximum Gasteiger partial charge on any atom is 0.295 e. The maximum absolute atomic E-state index is 5.67. The summed E-state index contributed by atoms with van der Waals surface area (Å²) in [5.74, 6) is 0. The minimum absolute atomic E-state index is 0.485. The van der Waals surface area contributed by atoms with E-state index in [1.165, 1.54) is 0 Å². The number of nitrogens with zero attached hydrogens (tertiary/aromatic N) is 3. The average Bonchev–Trinajstić information content (AvgIpc) is 2.88. The number of piperazine rings is 1. The summed E-state index contributed by atoms with van der Waals surface area (Å²) in [6, 6.07) is 8.95. The van der Waals surface area contributed by atoms with Gasteiger partial charge in [-0.2, -0.15) is 4.98 Å². The highest BCUT2D eigenvalue weighted by atomic mass is 16.4. The lowest BCUT2D eigenvalue weighted by atomic mass is 10.2. The number of anilines is 1. The van der Waals surface area contributed by atoms with E-state index in [0.29, 0.717) is 12.1 Å². The van der Waals surface area contributed by atoms with E-state index in [1.54, 1.807) is 0 Å². The molecule has 1 unspecified atom stereocenters. The van der Waals surface area contributed by atoms with E-state index in [-0.39, 0.29) is 0 Å². The number of hydrogen-bond donors (Lipinski definition) is 1. The predicted octanol–water partition coefficient (Wildman–Crippen LogP) is 1.88. The fourth-order valence-electron chi connectivity index (χ4n) is 2.57. The van der Waals surface area contributed by atoms with Crippen LogP contribution < -0.4 is 5.32 Å². The van der Waals surface area contributed by atoms with Gasteiger partial charge in [0.05, 0.1) is 0 Å². The summed E-state index contributed by atoms with van der Waals surface area (Å²) in [6.07, 6.45) is 0. The molecule has 0 amide bonds. The highest BCUT2D eigenvalue weighted by Crippen LogP contribution is 2.18. The summed E-state index contributed by atoms with van der Waals surface area (Å²) in [6.45, 7) is 7.66. The molecule has 1 aliphatic rings. The second kappa shape index (κ2) is 5.81. The second-order valence-electron chi connectivity index (χ2n) is 5.56. The van der Waals surface area contributed by atoms with Crippen LogP contribution in [0, 0.1) is 0 Å². The zero-order valence-corrected chi connectivity index (χ0v) is 12.2. The third-order valence-corrected chi connectivity index (χ3v) is 4.00. The molecule has 1 aliphatic heterocycles. The Morgan fingerprint density at radius 1 is 1.25 bits per heavy atom. The zero-order valence-electron chi connectivity index (χ0n) is 12.2. The lowest BCUT2D eigenvalue weighted by Gasteiger charge is -2.36. The number of aromatic nitrogens is 1. The summed E-state index contributed by atoms with van der Waals surface area (Å²) in [4.78, 5) is 9.32. The first-order valence-electron chi connectivity index (χ1n) is 7.24. The van der Waals surface area contributed by atoms with Crippen molar-refractivity contribution in [1.82, 2.24) is 14.8 Å². The van der Waals surface area contributed by atoms with Crippen LogP contribution in [0.3, 0.4) is 0 Å². The van der Waals surface area contributed by atoms with Crippen molar-refractivity contribution in [2.75, 3.05) is 45.1 Å². The summed E-state index contributed by atoms with van der Waals surface area (Å²) in [5.41, 5.74) is 1.74. The first-order valence-corrected chi connectivity index (χ1v) is 7.24. The van der Waals surface area contributed by atoms with Crippen molar-refractivity contribution in [2.45, 2.75) is 13.0 Å². The molecule has 0 aliphatic carbocycles.